The molecular weight excluding hydrogens is 276 g/mol. The molecule has 2 N–H and O–H groups in total. The molecule has 112 valence electrons. The van der Waals surface area contributed by atoms with Crippen LogP contribution in [0.25, 0.3) is 11.3 Å². The Morgan fingerprint density at radius 3 is 2.38 bits per heavy atom. The predicted octanol–water partition coefficient (Wildman–Crippen LogP) is 4.88. The maximum atomic E-state index is 6.67. The minimum atomic E-state index is -0.192. The molecule has 1 aliphatic rings. The Labute approximate surface area is 131 Å². The van der Waals surface area contributed by atoms with Gasteiger partial charge in [-0.2, -0.15) is 0 Å². The summed E-state index contributed by atoms with van der Waals surface area (Å²) in [4.78, 5) is 4.87. The monoisotopic (exact) mass is 300 g/mol. The summed E-state index contributed by atoms with van der Waals surface area (Å²) < 4.78 is 0. The van der Waals surface area contributed by atoms with Crippen molar-refractivity contribution in [1.82, 2.24) is 4.98 Å². The van der Waals surface area contributed by atoms with Crippen molar-refractivity contribution in [3.8, 4) is 11.3 Å². The van der Waals surface area contributed by atoms with E-state index in [1.165, 1.54) is 36.8 Å². The topological polar surface area (TPSA) is 38.9 Å². The van der Waals surface area contributed by atoms with Gasteiger partial charge in [0.25, 0.3) is 0 Å². The van der Waals surface area contributed by atoms with Crippen LogP contribution in [-0.2, 0) is 12.0 Å². The molecule has 0 aliphatic heterocycles. The van der Waals surface area contributed by atoms with Crippen LogP contribution in [0.1, 0.15) is 56.0 Å². The van der Waals surface area contributed by atoms with Crippen LogP contribution in [0.3, 0.4) is 0 Å². The molecule has 0 spiro atoms. The number of thiazole rings is 1. The normalized spacial score (nSPS) is 18.4. The fraction of sp³-hybridized carbons (Fsp3) is 0.500. The summed E-state index contributed by atoms with van der Waals surface area (Å²) in [5.41, 5.74) is 10.1. The molecule has 1 heterocycles. The Balaban J connectivity index is 1.84. The minimum absolute atomic E-state index is 0.192. The Hall–Kier alpha value is -1.19. The van der Waals surface area contributed by atoms with Gasteiger partial charge in [-0.1, -0.05) is 56.9 Å². The van der Waals surface area contributed by atoms with Gasteiger partial charge in [0.05, 0.1) is 11.2 Å². The summed E-state index contributed by atoms with van der Waals surface area (Å²) in [6.07, 6.45) is 8.33. The summed E-state index contributed by atoms with van der Waals surface area (Å²) in [7, 11) is 0. The Morgan fingerprint density at radius 1 is 1.10 bits per heavy atom. The first-order valence-corrected chi connectivity index (χ1v) is 8.93. The van der Waals surface area contributed by atoms with Crippen LogP contribution in [0.5, 0.6) is 0 Å². The highest BCUT2D eigenvalue weighted by Gasteiger charge is 2.31. The standard InChI is InChI=1S/C18H24N2S/c1-2-14-7-9-15(10-8-14)16-13-21-17(20-16)18(19)11-5-3-4-6-12-18/h7-10,13H,2-6,11-12,19H2,1H3. The third kappa shape index (κ3) is 3.19. The van der Waals surface area contributed by atoms with Gasteiger partial charge in [0.15, 0.2) is 0 Å². The van der Waals surface area contributed by atoms with E-state index in [4.69, 9.17) is 10.7 Å². The first kappa shape index (κ1) is 14.7. The average molecular weight is 300 g/mol. The van der Waals surface area contributed by atoms with E-state index >= 15 is 0 Å². The molecular formula is C18H24N2S. The molecule has 3 heteroatoms. The predicted molar refractivity (Wildman–Crippen MR) is 90.5 cm³/mol. The molecule has 0 radical (unpaired) electrons. The van der Waals surface area contributed by atoms with Crippen LogP contribution in [0.4, 0.5) is 0 Å². The van der Waals surface area contributed by atoms with Gasteiger partial charge in [-0.3, -0.25) is 0 Å². The van der Waals surface area contributed by atoms with Gasteiger partial charge in [-0.25, -0.2) is 4.98 Å². The van der Waals surface area contributed by atoms with Crippen molar-refractivity contribution >= 4 is 11.3 Å². The van der Waals surface area contributed by atoms with Crippen molar-refractivity contribution in [3.63, 3.8) is 0 Å². The van der Waals surface area contributed by atoms with Crippen LogP contribution < -0.4 is 5.73 Å². The molecule has 1 fully saturated rings. The van der Waals surface area contributed by atoms with Gasteiger partial charge in [-0.15, -0.1) is 11.3 Å². The quantitative estimate of drug-likeness (QED) is 0.820. The van der Waals surface area contributed by atoms with Crippen molar-refractivity contribution in [3.05, 3.63) is 40.2 Å². The van der Waals surface area contributed by atoms with Crippen LogP contribution in [-0.4, -0.2) is 4.98 Å². The SMILES string of the molecule is CCc1ccc(-c2csc(C3(N)CCCCCC3)n2)cc1. The largest absolute Gasteiger partial charge is 0.319 e. The number of nitrogens with two attached hydrogens (primary N) is 1. The lowest BCUT2D eigenvalue weighted by atomic mass is 9.92. The second-order valence-electron chi connectivity index (χ2n) is 6.16. The number of nitrogens with zero attached hydrogens (tertiary/aromatic N) is 1. The van der Waals surface area contributed by atoms with Crippen LogP contribution in [0.15, 0.2) is 29.6 Å². The lowest BCUT2D eigenvalue weighted by Crippen LogP contribution is -2.35. The molecule has 0 atom stereocenters. The third-order valence-electron chi connectivity index (χ3n) is 4.58. The molecule has 1 aliphatic carbocycles. The summed E-state index contributed by atoms with van der Waals surface area (Å²) in [6, 6.07) is 8.73. The third-order valence-corrected chi connectivity index (χ3v) is 5.65. The van der Waals surface area contributed by atoms with E-state index in [9.17, 15) is 0 Å². The number of hydrogen-bond acceptors (Lipinski definition) is 3. The highest BCUT2D eigenvalue weighted by molar-refractivity contribution is 7.10. The number of benzene rings is 1. The number of aromatic nitrogens is 1. The van der Waals surface area contributed by atoms with Crippen molar-refractivity contribution in [2.45, 2.75) is 57.4 Å². The molecule has 0 unspecified atom stereocenters. The summed E-state index contributed by atoms with van der Waals surface area (Å²) >= 11 is 1.73. The van der Waals surface area contributed by atoms with E-state index in [1.807, 2.05) is 0 Å². The van der Waals surface area contributed by atoms with Crippen LogP contribution >= 0.6 is 11.3 Å². The van der Waals surface area contributed by atoms with E-state index in [2.05, 4.69) is 36.6 Å². The number of rotatable bonds is 3. The molecule has 3 rings (SSSR count). The fourth-order valence-corrected chi connectivity index (χ4v) is 4.12. The average Bonchev–Trinajstić information content (AvgIpc) is 2.92. The second-order valence-corrected chi connectivity index (χ2v) is 7.02. The summed E-state index contributed by atoms with van der Waals surface area (Å²) in [5, 5.41) is 3.29. The maximum absolute atomic E-state index is 6.67. The van der Waals surface area contributed by atoms with Gasteiger partial charge in [0, 0.05) is 10.9 Å². The number of hydrogen-bond donors (Lipinski definition) is 1. The van der Waals surface area contributed by atoms with Crippen LogP contribution in [0.2, 0.25) is 0 Å². The lowest BCUT2D eigenvalue weighted by molar-refractivity contribution is 0.384. The van der Waals surface area contributed by atoms with E-state index in [0.29, 0.717) is 0 Å². The highest BCUT2D eigenvalue weighted by Crippen LogP contribution is 2.36. The Kier molecular flexibility index (Phi) is 4.41. The zero-order chi connectivity index (χ0) is 14.7. The summed E-state index contributed by atoms with van der Waals surface area (Å²) in [5.74, 6) is 0. The zero-order valence-corrected chi connectivity index (χ0v) is 13.6. The molecule has 21 heavy (non-hydrogen) atoms. The van der Waals surface area contributed by atoms with E-state index in [-0.39, 0.29) is 5.54 Å². The van der Waals surface area contributed by atoms with Gasteiger partial charge >= 0.3 is 0 Å². The van der Waals surface area contributed by atoms with Gasteiger partial charge < -0.3 is 5.73 Å². The van der Waals surface area contributed by atoms with E-state index in [1.54, 1.807) is 11.3 Å². The molecule has 0 bridgehead atoms. The molecule has 2 aromatic rings. The van der Waals surface area contributed by atoms with E-state index in [0.717, 1.165) is 30.0 Å². The lowest BCUT2D eigenvalue weighted by Gasteiger charge is -2.25. The smallest absolute Gasteiger partial charge is 0.113 e. The van der Waals surface area contributed by atoms with Gasteiger partial charge in [0.1, 0.15) is 5.01 Å². The van der Waals surface area contributed by atoms with Crippen molar-refractivity contribution in [1.29, 1.82) is 0 Å². The highest BCUT2D eigenvalue weighted by atomic mass is 32.1. The van der Waals surface area contributed by atoms with Gasteiger partial charge in [0.2, 0.25) is 0 Å². The Bertz CT molecular complexity index is 578. The minimum Gasteiger partial charge on any atom is -0.319 e. The molecule has 1 saturated carbocycles. The number of aryl methyl sites for hydroxylation is 1. The molecule has 2 nitrogen and oxygen atoms in total. The fourth-order valence-electron chi connectivity index (χ4n) is 3.12. The Morgan fingerprint density at radius 2 is 1.76 bits per heavy atom. The van der Waals surface area contributed by atoms with E-state index < -0.39 is 0 Å². The molecule has 0 amide bonds. The van der Waals surface area contributed by atoms with Crippen molar-refractivity contribution < 1.29 is 0 Å². The van der Waals surface area contributed by atoms with Crippen molar-refractivity contribution in [2.75, 3.05) is 0 Å². The summed E-state index contributed by atoms with van der Waals surface area (Å²) in [6.45, 7) is 2.18. The molecule has 0 saturated heterocycles. The molecule has 1 aromatic carbocycles. The zero-order valence-electron chi connectivity index (χ0n) is 12.8. The maximum Gasteiger partial charge on any atom is 0.113 e. The van der Waals surface area contributed by atoms with Gasteiger partial charge in [-0.05, 0) is 24.8 Å². The molecule has 1 aromatic heterocycles. The first-order chi connectivity index (χ1) is 10.2. The second kappa shape index (κ2) is 6.29. The first-order valence-electron chi connectivity index (χ1n) is 8.05. The van der Waals surface area contributed by atoms with Crippen molar-refractivity contribution in [2.24, 2.45) is 5.73 Å². The van der Waals surface area contributed by atoms with Crippen LogP contribution in [0, 0.1) is 0 Å².